The van der Waals surface area contributed by atoms with Crippen LogP contribution < -0.4 is 15.2 Å². The summed E-state index contributed by atoms with van der Waals surface area (Å²) in [5.41, 5.74) is 8.73. The van der Waals surface area contributed by atoms with Crippen LogP contribution in [0.2, 0.25) is 0 Å². The van der Waals surface area contributed by atoms with Gasteiger partial charge in [-0.25, -0.2) is 0 Å². The van der Waals surface area contributed by atoms with E-state index in [1.807, 2.05) is 50.2 Å². The Labute approximate surface area is 107 Å². The van der Waals surface area contributed by atoms with Gasteiger partial charge in [0.2, 0.25) is 0 Å². The van der Waals surface area contributed by atoms with Crippen LogP contribution in [-0.2, 0) is 0 Å². The standard InChI is InChI=1S/C15H17NO2/c1-10-4-6-12(16)14(8-10)18-13-7-5-11(2)9-15(13)17-3/h4-9H,16H2,1-3H3. The third-order valence-electron chi connectivity index (χ3n) is 2.71. The molecule has 3 heteroatoms. The van der Waals surface area contributed by atoms with Crippen LogP contribution in [0.15, 0.2) is 36.4 Å². The number of aryl methyl sites for hydroxylation is 2. The van der Waals surface area contributed by atoms with E-state index >= 15 is 0 Å². The van der Waals surface area contributed by atoms with Gasteiger partial charge in [-0.1, -0.05) is 12.1 Å². The van der Waals surface area contributed by atoms with Crippen LogP contribution in [-0.4, -0.2) is 7.11 Å². The van der Waals surface area contributed by atoms with Crippen molar-refractivity contribution in [2.24, 2.45) is 0 Å². The molecule has 2 N–H and O–H groups in total. The smallest absolute Gasteiger partial charge is 0.169 e. The van der Waals surface area contributed by atoms with Gasteiger partial charge in [0.15, 0.2) is 17.2 Å². The van der Waals surface area contributed by atoms with E-state index in [9.17, 15) is 0 Å². The molecule has 0 spiro atoms. The van der Waals surface area contributed by atoms with Gasteiger partial charge in [-0.2, -0.15) is 0 Å². The Balaban J connectivity index is 2.36. The number of hydrogen-bond acceptors (Lipinski definition) is 3. The normalized spacial score (nSPS) is 10.2. The van der Waals surface area contributed by atoms with Crippen LogP contribution >= 0.6 is 0 Å². The first-order valence-electron chi connectivity index (χ1n) is 5.79. The van der Waals surface area contributed by atoms with Crippen LogP contribution in [0, 0.1) is 13.8 Å². The molecule has 0 aromatic heterocycles. The fourth-order valence-electron chi connectivity index (χ4n) is 1.71. The number of benzene rings is 2. The van der Waals surface area contributed by atoms with Crippen LogP contribution in [0.5, 0.6) is 17.2 Å². The predicted molar refractivity (Wildman–Crippen MR) is 73.4 cm³/mol. The first-order chi connectivity index (χ1) is 8.60. The van der Waals surface area contributed by atoms with Crippen molar-refractivity contribution in [3.8, 4) is 17.2 Å². The van der Waals surface area contributed by atoms with Crippen molar-refractivity contribution >= 4 is 5.69 Å². The van der Waals surface area contributed by atoms with Crippen molar-refractivity contribution in [1.29, 1.82) is 0 Å². The highest BCUT2D eigenvalue weighted by molar-refractivity contribution is 5.56. The molecular formula is C15H17NO2. The van der Waals surface area contributed by atoms with Gasteiger partial charge in [0, 0.05) is 0 Å². The van der Waals surface area contributed by atoms with E-state index in [4.69, 9.17) is 15.2 Å². The van der Waals surface area contributed by atoms with Crippen LogP contribution in [0.1, 0.15) is 11.1 Å². The summed E-state index contributed by atoms with van der Waals surface area (Å²) in [5, 5.41) is 0. The Morgan fingerprint density at radius 1 is 0.833 bits per heavy atom. The molecule has 0 heterocycles. The number of methoxy groups -OCH3 is 1. The summed E-state index contributed by atoms with van der Waals surface area (Å²) in [4.78, 5) is 0. The molecule has 18 heavy (non-hydrogen) atoms. The van der Waals surface area contributed by atoms with Crippen molar-refractivity contribution in [1.82, 2.24) is 0 Å². The van der Waals surface area contributed by atoms with Gasteiger partial charge < -0.3 is 15.2 Å². The maximum Gasteiger partial charge on any atom is 0.169 e. The zero-order valence-corrected chi connectivity index (χ0v) is 10.9. The molecule has 94 valence electrons. The van der Waals surface area contributed by atoms with Gasteiger partial charge in [0.05, 0.1) is 12.8 Å². The third kappa shape index (κ3) is 2.56. The molecule has 0 aliphatic rings. The Kier molecular flexibility index (Phi) is 3.42. The summed E-state index contributed by atoms with van der Waals surface area (Å²) >= 11 is 0. The average Bonchev–Trinajstić information content (AvgIpc) is 2.36. The molecule has 0 saturated carbocycles. The SMILES string of the molecule is COc1cc(C)ccc1Oc1cc(C)ccc1N. The van der Waals surface area contributed by atoms with E-state index in [0.29, 0.717) is 22.9 Å². The highest BCUT2D eigenvalue weighted by Gasteiger charge is 2.08. The molecule has 3 nitrogen and oxygen atoms in total. The first kappa shape index (κ1) is 12.3. The summed E-state index contributed by atoms with van der Waals surface area (Å²) < 4.78 is 11.1. The summed E-state index contributed by atoms with van der Waals surface area (Å²) in [5.74, 6) is 2.02. The maximum atomic E-state index is 5.89. The summed E-state index contributed by atoms with van der Waals surface area (Å²) in [6.07, 6.45) is 0. The molecule has 0 aliphatic heterocycles. The minimum Gasteiger partial charge on any atom is -0.493 e. The Morgan fingerprint density at radius 3 is 2.11 bits per heavy atom. The molecular weight excluding hydrogens is 226 g/mol. The minimum atomic E-state index is 0.614. The molecule has 2 rings (SSSR count). The monoisotopic (exact) mass is 243 g/mol. The maximum absolute atomic E-state index is 5.89. The molecule has 0 radical (unpaired) electrons. The Hall–Kier alpha value is -2.16. The van der Waals surface area contributed by atoms with E-state index in [1.165, 1.54) is 0 Å². The quantitative estimate of drug-likeness (QED) is 0.836. The molecule has 2 aromatic rings. The van der Waals surface area contributed by atoms with Gasteiger partial charge in [-0.15, -0.1) is 0 Å². The third-order valence-corrected chi connectivity index (χ3v) is 2.71. The van der Waals surface area contributed by atoms with Crippen LogP contribution in [0.3, 0.4) is 0 Å². The van der Waals surface area contributed by atoms with E-state index in [2.05, 4.69) is 0 Å². The van der Waals surface area contributed by atoms with Gasteiger partial charge in [-0.3, -0.25) is 0 Å². The molecule has 0 aliphatic carbocycles. The predicted octanol–water partition coefficient (Wildman–Crippen LogP) is 3.69. The highest BCUT2D eigenvalue weighted by Crippen LogP contribution is 2.34. The number of nitrogens with two attached hydrogens (primary N) is 1. The average molecular weight is 243 g/mol. The van der Waals surface area contributed by atoms with E-state index in [-0.39, 0.29) is 0 Å². The number of rotatable bonds is 3. The number of ether oxygens (including phenoxy) is 2. The molecule has 0 bridgehead atoms. The minimum absolute atomic E-state index is 0.614. The summed E-state index contributed by atoms with van der Waals surface area (Å²) in [7, 11) is 1.63. The number of hydrogen-bond donors (Lipinski definition) is 1. The van der Waals surface area contributed by atoms with Crippen LogP contribution in [0.4, 0.5) is 5.69 Å². The van der Waals surface area contributed by atoms with Crippen molar-refractivity contribution in [2.75, 3.05) is 12.8 Å². The molecule has 2 aromatic carbocycles. The van der Waals surface area contributed by atoms with Gasteiger partial charge in [-0.05, 0) is 49.2 Å². The van der Waals surface area contributed by atoms with Crippen LogP contribution in [0.25, 0.3) is 0 Å². The van der Waals surface area contributed by atoms with Crippen molar-refractivity contribution in [3.05, 3.63) is 47.5 Å². The van der Waals surface area contributed by atoms with Gasteiger partial charge >= 0.3 is 0 Å². The lowest BCUT2D eigenvalue weighted by molar-refractivity contribution is 0.379. The lowest BCUT2D eigenvalue weighted by Gasteiger charge is -2.13. The molecule has 0 unspecified atom stereocenters. The fraction of sp³-hybridized carbons (Fsp3) is 0.200. The van der Waals surface area contributed by atoms with E-state index in [1.54, 1.807) is 7.11 Å². The lowest BCUT2D eigenvalue weighted by Crippen LogP contribution is -1.95. The van der Waals surface area contributed by atoms with Crippen molar-refractivity contribution in [3.63, 3.8) is 0 Å². The zero-order chi connectivity index (χ0) is 13.1. The second-order valence-electron chi connectivity index (χ2n) is 4.30. The number of nitrogen functional groups attached to an aromatic ring is 1. The van der Waals surface area contributed by atoms with Gasteiger partial charge in [0.1, 0.15) is 0 Å². The topological polar surface area (TPSA) is 44.5 Å². The summed E-state index contributed by atoms with van der Waals surface area (Å²) in [6.45, 7) is 4.01. The molecule has 0 saturated heterocycles. The summed E-state index contributed by atoms with van der Waals surface area (Å²) in [6, 6.07) is 11.5. The molecule has 0 amide bonds. The highest BCUT2D eigenvalue weighted by atomic mass is 16.5. The van der Waals surface area contributed by atoms with E-state index < -0.39 is 0 Å². The van der Waals surface area contributed by atoms with E-state index in [0.717, 1.165) is 11.1 Å². The second kappa shape index (κ2) is 5.00. The Morgan fingerprint density at radius 2 is 1.44 bits per heavy atom. The lowest BCUT2D eigenvalue weighted by atomic mass is 10.2. The molecule has 0 atom stereocenters. The number of anilines is 1. The molecule has 0 fully saturated rings. The largest absolute Gasteiger partial charge is 0.493 e. The van der Waals surface area contributed by atoms with Gasteiger partial charge in [0.25, 0.3) is 0 Å². The first-order valence-corrected chi connectivity index (χ1v) is 5.79. The zero-order valence-electron chi connectivity index (χ0n) is 10.9. The van der Waals surface area contributed by atoms with Crippen molar-refractivity contribution in [2.45, 2.75) is 13.8 Å². The second-order valence-corrected chi connectivity index (χ2v) is 4.30. The Bertz CT molecular complexity index is 564. The van der Waals surface area contributed by atoms with Crippen molar-refractivity contribution < 1.29 is 9.47 Å². The fourth-order valence-corrected chi connectivity index (χ4v) is 1.71.